The van der Waals surface area contributed by atoms with E-state index in [1.165, 1.54) is 5.56 Å². The van der Waals surface area contributed by atoms with Crippen molar-refractivity contribution in [3.63, 3.8) is 0 Å². The van der Waals surface area contributed by atoms with Gasteiger partial charge in [-0.3, -0.25) is 5.10 Å². The highest BCUT2D eigenvalue weighted by Crippen LogP contribution is 2.31. The fourth-order valence-electron chi connectivity index (χ4n) is 3.10. The summed E-state index contributed by atoms with van der Waals surface area (Å²) in [5.41, 5.74) is 3.07. The van der Waals surface area contributed by atoms with Crippen molar-refractivity contribution >= 4 is 6.09 Å². The molecule has 1 N–H and O–H groups in total. The fraction of sp³-hybridized carbons (Fsp3) is 0.474. The van der Waals surface area contributed by atoms with Gasteiger partial charge in [-0.2, -0.15) is 5.10 Å². The molecule has 0 radical (unpaired) electrons. The van der Waals surface area contributed by atoms with Crippen LogP contribution in [-0.4, -0.2) is 39.9 Å². The Bertz CT molecular complexity index is 681. The molecule has 1 saturated heterocycles. The van der Waals surface area contributed by atoms with Gasteiger partial charge in [0.1, 0.15) is 5.60 Å². The van der Waals surface area contributed by atoms with Crippen molar-refractivity contribution in [1.29, 1.82) is 0 Å². The lowest BCUT2D eigenvalue weighted by Gasteiger charge is -2.33. The topological polar surface area (TPSA) is 58.2 Å². The van der Waals surface area contributed by atoms with E-state index in [1.54, 1.807) is 6.20 Å². The molecule has 5 nitrogen and oxygen atoms in total. The molecule has 0 unspecified atom stereocenters. The van der Waals surface area contributed by atoms with Gasteiger partial charge in [0.2, 0.25) is 0 Å². The highest BCUT2D eigenvalue weighted by Gasteiger charge is 2.27. The van der Waals surface area contributed by atoms with Crippen LogP contribution >= 0.6 is 0 Å². The van der Waals surface area contributed by atoms with Gasteiger partial charge < -0.3 is 9.64 Å². The van der Waals surface area contributed by atoms with E-state index in [1.807, 2.05) is 31.7 Å². The predicted octanol–water partition coefficient (Wildman–Crippen LogP) is 4.19. The van der Waals surface area contributed by atoms with Gasteiger partial charge in [0.25, 0.3) is 0 Å². The van der Waals surface area contributed by atoms with Crippen molar-refractivity contribution in [3.8, 4) is 11.3 Å². The number of aromatic nitrogens is 2. The number of ether oxygens (including phenoxy) is 1. The molecule has 0 aliphatic carbocycles. The van der Waals surface area contributed by atoms with E-state index < -0.39 is 5.60 Å². The van der Waals surface area contributed by atoms with Crippen molar-refractivity contribution in [2.24, 2.45) is 0 Å². The number of carbonyl (C=O) groups is 1. The number of H-pyrrole nitrogens is 1. The molecular formula is C19H25N3O2. The predicted molar refractivity (Wildman–Crippen MR) is 93.8 cm³/mol. The quantitative estimate of drug-likeness (QED) is 0.899. The second kappa shape index (κ2) is 6.67. The second-order valence-corrected chi connectivity index (χ2v) is 7.34. The van der Waals surface area contributed by atoms with Gasteiger partial charge in [-0.05, 0) is 62.8 Å². The summed E-state index contributed by atoms with van der Waals surface area (Å²) >= 11 is 0. The fourth-order valence-corrected chi connectivity index (χ4v) is 3.10. The lowest BCUT2D eigenvalue weighted by Crippen LogP contribution is -2.41. The van der Waals surface area contributed by atoms with Gasteiger partial charge >= 0.3 is 6.09 Å². The second-order valence-electron chi connectivity index (χ2n) is 7.34. The van der Waals surface area contributed by atoms with Crippen LogP contribution in [0.1, 0.15) is 45.1 Å². The number of benzene rings is 1. The van der Waals surface area contributed by atoms with Gasteiger partial charge in [-0.25, -0.2) is 4.79 Å². The van der Waals surface area contributed by atoms with Crippen LogP contribution in [0, 0.1) is 0 Å². The Hall–Kier alpha value is -2.30. The minimum atomic E-state index is -0.438. The molecule has 1 amide bonds. The third-order valence-corrected chi connectivity index (χ3v) is 4.32. The molecule has 0 atom stereocenters. The molecule has 0 spiro atoms. The van der Waals surface area contributed by atoms with Crippen molar-refractivity contribution in [3.05, 3.63) is 42.1 Å². The first-order valence-corrected chi connectivity index (χ1v) is 8.50. The summed E-state index contributed by atoms with van der Waals surface area (Å²) in [5, 5.41) is 7.02. The Morgan fingerprint density at radius 1 is 1.25 bits per heavy atom. The maximum atomic E-state index is 12.2. The minimum Gasteiger partial charge on any atom is -0.444 e. The number of aromatic amines is 1. The molecule has 1 aliphatic heterocycles. The van der Waals surface area contributed by atoms with Gasteiger partial charge in [0.15, 0.2) is 0 Å². The van der Waals surface area contributed by atoms with E-state index in [2.05, 4.69) is 34.5 Å². The van der Waals surface area contributed by atoms with E-state index in [9.17, 15) is 4.79 Å². The van der Waals surface area contributed by atoms with Gasteiger partial charge in [-0.15, -0.1) is 0 Å². The third-order valence-electron chi connectivity index (χ3n) is 4.32. The lowest BCUT2D eigenvalue weighted by atomic mass is 9.88. The van der Waals surface area contributed by atoms with Crippen LogP contribution in [-0.2, 0) is 4.74 Å². The molecular weight excluding hydrogens is 302 g/mol. The maximum Gasteiger partial charge on any atom is 0.410 e. The van der Waals surface area contributed by atoms with Gasteiger partial charge in [-0.1, -0.05) is 18.2 Å². The number of likely N-dealkylation sites (tertiary alicyclic amines) is 1. The number of hydrogen-bond donors (Lipinski definition) is 1. The Labute approximate surface area is 143 Å². The summed E-state index contributed by atoms with van der Waals surface area (Å²) in [6, 6.07) is 10.6. The monoisotopic (exact) mass is 327 g/mol. The average molecular weight is 327 g/mol. The molecule has 5 heteroatoms. The molecule has 24 heavy (non-hydrogen) atoms. The first-order valence-electron chi connectivity index (χ1n) is 8.50. The van der Waals surface area contributed by atoms with E-state index in [0.717, 1.165) is 37.2 Å². The molecule has 3 rings (SSSR count). The van der Waals surface area contributed by atoms with Crippen LogP contribution in [0.5, 0.6) is 0 Å². The first-order chi connectivity index (χ1) is 11.4. The van der Waals surface area contributed by atoms with E-state index in [-0.39, 0.29) is 6.09 Å². The van der Waals surface area contributed by atoms with E-state index in [4.69, 9.17) is 4.74 Å². The highest BCUT2D eigenvalue weighted by molar-refractivity contribution is 5.68. The Kier molecular flexibility index (Phi) is 4.60. The van der Waals surface area contributed by atoms with Crippen molar-refractivity contribution in [1.82, 2.24) is 15.1 Å². The third kappa shape index (κ3) is 3.96. The van der Waals surface area contributed by atoms with E-state index >= 15 is 0 Å². The SMILES string of the molecule is CC(C)(C)OC(=O)N1CCC(c2cccc(-c3ccn[nH]3)c2)CC1. The van der Waals surface area contributed by atoms with Crippen molar-refractivity contribution in [2.75, 3.05) is 13.1 Å². The van der Waals surface area contributed by atoms with Crippen LogP contribution < -0.4 is 0 Å². The summed E-state index contributed by atoms with van der Waals surface area (Å²) in [4.78, 5) is 14.0. The normalized spacial score (nSPS) is 16.2. The molecule has 1 aromatic carbocycles. The zero-order valence-electron chi connectivity index (χ0n) is 14.6. The number of piperidine rings is 1. The zero-order chi connectivity index (χ0) is 17.2. The molecule has 2 aromatic rings. The summed E-state index contributed by atoms with van der Waals surface area (Å²) in [6.07, 6.45) is 3.49. The van der Waals surface area contributed by atoms with Crippen LogP contribution in [0.25, 0.3) is 11.3 Å². The first kappa shape index (κ1) is 16.6. The number of nitrogens with zero attached hydrogens (tertiary/aromatic N) is 2. The standard InChI is InChI=1S/C19H25N3O2/c1-19(2,3)24-18(23)22-11-8-14(9-12-22)15-5-4-6-16(13-15)17-7-10-20-21-17/h4-7,10,13-14H,8-9,11-12H2,1-3H3,(H,20,21). The summed E-state index contributed by atoms with van der Waals surface area (Å²) < 4.78 is 5.46. The Morgan fingerprint density at radius 3 is 2.62 bits per heavy atom. The molecule has 0 saturated carbocycles. The molecule has 0 bridgehead atoms. The van der Waals surface area contributed by atoms with Crippen molar-refractivity contribution < 1.29 is 9.53 Å². The molecule has 1 aromatic heterocycles. The largest absolute Gasteiger partial charge is 0.444 e. The molecule has 1 aliphatic rings. The number of carbonyl (C=O) groups excluding carboxylic acids is 1. The van der Waals surface area contributed by atoms with Crippen molar-refractivity contribution in [2.45, 2.75) is 45.1 Å². The van der Waals surface area contributed by atoms with Crippen LogP contribution in [0.15, 0.2) is 36.5 Å². The average Bonchev–Trinajstić information content (AvgIpc) is 3.08. The lowest BCUT2D eigenvalue weighted by molar-refractivity contribution is 0.0205. The molecule has 128 valence electrons. The summed E-state index contributed by atoms with van der Waals surface area (Å²) in [7, 11) is 0. The Balaban J connectivity index is 1.63. The van der Waals surface area contributed by atoms with Crippen LogP contribution in [0.3, 0.4) is 0 Å². The van der Waals surface area contributed by atoms with Gasteiger partial charge in [0, 0.05) is 19.3 Å². The van der Waals surface area contributed by atoms with Crippen LogP contribution in [0.2, 0.25) is 0 Å². The number of nitrogens with one attached hydrogen (secondary N) is 1. The summed E-state index contributed by atoms with van der Waals surface area (Å²) in [5.74, 6) is 0.478. The number of rotatable bonds is 2. The van der Waals surface area contributed by atoms with E-state index in [0.29, 0.717) is 5.92 Å². The van der Waals surface area contributed by atoms with Gasteiger partial charge in [0.05, 0.1) is 5.69 Å². The molecule has 1 fully saturated rings. The summed E-state index contributed by atoms with van der Waals surface area (Å²) in [6.45, 7) is 7.19. The number of amides is 1. The maximum absolute atomic E-state index is 12.2. The highest BCUT2D eigenvalue weighted by atomic mass is 16.6. The minimum absolute atomic E-state index is 0.202. The molecule has 2 heterocycles. The van der Waals surface area contributed by atoms with Crippen LogP contribution in [0.4, 0.5) is 4.79 Å². The zero-order valence-corrected chi connectivity index (χ0v) is 14.6. The number of hydrogen-bond acceptors (Lipinski definition) is 3. The Morgan fingerprint density at radius 2 is 2.00 bits per heavy atom. The smallest absolute Gasteiger partial charge is 0.410 e.